The molecule has 0 spiro atoms. The molecule has 27 heavy (non-hydrogen) atoms. The number of rotatable bonds is 4. The average molecular weight is 356 g/mol. The van der Waals surface area contributed by atoms with E-state index >= 15 is 0 Å². The van der Waals surface area contributed by atoms with Gasteiger partial charge in [-0.2, -0.15) is 10.4 Å². The van der Waals surface area contributed by atoms with Crippen LogP contribution in [0.4, 0.5) is 0 Å². The third-order valence-electron chi connectivity index (χ3n) is 4.06. The lowest BCUT2D eigenvalue weighted by Crippen LogP contribution is -2.21. The number of pyridine rings is 1. The zero-order valence-electron chi connectivity index (χ0n) is 15.5. The molecule has 0 N–H and O–H groups in total. The summed E-state index contributed by atoms with van der Waals surface area (Å²) in [4.78, 5) is 16.6. The van der Waals surface area contributed by atoms with Crippen molar-refractivity contribution in [3.8, 4) is 23.0 Å². The molecular weight excluding hydrogens is 336 g/mol. The van der Waals surface area contributed by atoms with E-state index in [1.807, 2.05) is 54.7 Å². The normalized spacial score (nSPS) is 11.9. The summed E-state index contributed by atoms with van der Waals surface area (Å²) in [6, 6.07) is 15.5. The average Bonchev–Trinajstić information content (AvgIpc) is 3.10. The van der Waals surface area contributed by atoms with Gasteiger partial charge in [0.2, 0.25) is 0 Å². The van der Waals surface area contributed by atoms with E-state index in [1.54, 1.807) is 43.9 Å². The zero-order chi connectivity index (χ0) is 19.4. The first kappa shape index (κ1) is 18.3. The fourth-order valence-corrected chi connectivity index (χ4v) is 2.65. The van der Waals surface area contributed by atoms with Crippen LogP contribution in [0, 0.1) is 16.7 Å². The Morgan fingerprint density at radius 1 is 1.11 bits per heavy atom. The molecule has 0 aliphatic carbocycles. The standard InChI is InChI=1S/C22H20N4O/c1-22(2,3)21(27)17(14-23)13-18-15-26(19-7-5-4-6-8-19)25-20(18)16-9-11-24-12-10-16/h4-13,15H,1-3H3/b17-13-. The van der Waals surface area contributed by atoms with Crippen LogP contribution in [-0.4, -0.2) is 20.5 Å². The SMILES string of the molecule is CC(C)(C)C(=O)/C(C#N)=C\c1cn(-c2ccccc2)nc1-c1ccncc1. The molecule has 0 unspecified atom stereocenters. The van der Waals surface area contributed by atoms with Crippen molar-refractivity contribution in [2.75, 3.05) is 0 Å². The zero-order valence-corrected chi connectivity index (χ0v) is 15.5. The number of allylic oxidation sites excluding steroid dienone is 1. The molecule has 0 saturated carbocycles. The monoisotopic (exact) mass is 356 g/mol. The van der Waals surface area contributed by atoms with Crippen LogP contribution in [0.25, 0.3) is 23.0 Å². The number of hydrogen-bond donors (Lipinski definition) is 0. The molecule has 5 heteroatoms. The lowest BCUT2D eigenvalue weighted by molar-refractivity contribution is -0.121. The number of hydrogen-bond acceptors (Lipinski definition) is 4. The van der Waals surface area contributed by atoms with Gasteiger partial charge in [-0.15, -0.1) is 0 Å². The predicted molar refractivity (Wildman–Crippen MR) is 105 cm³/mol. The van der Waals surface area contributed by atoms with Crippen molar-refractivity contribution in [1.82, 2.24) is 14.8 Å². The summed E-state index contributed by atoms with van der Waals surface area (Å²) in [5, 5.41) is 14.2. The smallest absolute Gasteiger partial charge is 0.178 e. The number of ketones is 1. The van der Waals surface area contributed by atoms with Crippen molar-refractivity contribution in [2.45, 2.75) is 20.8 Å². The van der Waals surface area contributed by atoms with Crippen molar-refractivity contribution in [3.05, 3.63) is 72.2 Å². The van der Waals surface area contributed by atoms with E-state index in [-0.39, 0.29) is 11.4 Å². The van der Waals surface area contributed by atoms with Gasteiger partial charge in [0.1, 0.15) is 11.8 Å². The molecule has 0 amide bonds. The summed E-state index contributed by atoms with van der Waals surface area (Å²) >= 11 is 0. The van der Waals surface area contributed by atoms with Gasteiger partial charge < -0.3 is 0 Å². The first-order chi connectivity index (χ1) is 12.9. The molecule has 0 aliphatic heterocycles. The molecule has 0 atom stereocenters. The van der Waals surface area contributed by atoms with Crippen molar-refractivity contribution >= 4 is 11.9 Å². The fraction of sp³-hybridized carbons (Fsp3) is 0.182. The Kier molecular flexibility index (Phi) is 5.00. The van der Waals surface area contributed by atoms with Gasteiger partial charge in [-0.25, -0.2) is 4.68 Å². The maximum Gasteiger partial charge on any atom is 0.178 e. The first-order valence-electron chi connectivity index (χ1n) is 8.62. The Bertz CT molecular complexity index is 1020. The number of Topliss-reactive ketones (excluding diaryl/α,β-unsaturated/α-hetero) is 1. The molecule has 3 rings (SSSR count). The van der Waals surface area contributed by atoms with E-state index in [2.05, 4.69) is 10.1 Å². The van der Waals surface area contributed by atoms with Crippen LogP contribution in [-0.2, 0) is 4.79 Å². The number of benzene rings is 1. The molecular formula is C22H20N4O. The third-order valence-corrected chi connectivity index (χ3v) is 4.06. The summed E-state index contributed by atoms with van der Waals surface area (Å²) in [7, 11) is 0. The molecule has 0 radical (unpaired) electrons. The molecule has 2 heterocycles. The lowest BCUT2D eigenvalue weighted by Gasteiger charge is -2.15. The van der Waals surface area contributed by atoms with E-state index in [0.29, 0.717) is 11.3 Å². The van der Waals surface area contributed by atoms with E-state index < -0.39 is 5.41 Å². The molecule has 3 aromatic rings. The van der Waals surface area contributed by atoms with E-state index in [1.165, 1.54) is 0 Å². The lowest BCUT2D eigenvalue weighted by atomic mass is 9.86. The molecule has 5 nitrogen and oxygen atoms in total. The summed E-state index contributed by atoms with van der Waals surface area (Å²) in [5.41, 5.74) is 2.65. The highest BCUT2D eigenvalue weighted by molar-refractivity contribution is 6.06. The second-order valence-corrected chi connectivity index (χ2v) is 7.20. The number of carbonyl (C=O) groups excluding carboxylic acids is 1. The summed E-state index contributed by atoms with van der Waals surface area (Å²) in [6.45, 7) is 5.41. The van der Waals surface area contributed by atoms with Gasteiger partial charge in [0.25, 0.3) is 0 Å². The van der Waals surface area contributed by atoms with Crippen LogP contribution in [0.1, 0.15) is 26.3 Å². The molecule has 1 aromatic carbocycles. The van der Waals surface area contributed by atoms with Gasteiger partial charge in [0, 0.05) is 35.1 Å². The number of nitriles is 1. The van der Waals surface area contributed by atoms with Crippen molar-refractivity contribution in [2.24, 2.45) is 5.41 Å². The highest BCUT2D eigenvalue weighted by Gasteiger charge is 2.25. The Balaban J connectivity index is 2.16. The van der Waals surface area contributed by atoms with Crippen LogP contribution in [0.5, 0.6) is 0 Å². The minimum Gasteiger partial charge on any atom is -0.293 e. The van der Waals surface area contributed by atoms with Gasteiger partial charge in [-0.1, -0.05) is 39.0 Å². The third kappa shape index (κ3) is 4.01. The summed E-state index contributed by atoms with van der Waals surface area (Å²) in [5.74, 6) is -0.196. The molecule has 0 saturated heterocycles. The van der Waals surface area contributed by atoms with Gasteiger partial charge in [0.15, 0.2) is 5.78 Å². The second kappa shape index (κ2) is 7.38. The number of nitrogens with zero attached hydrogens (tertiary/aromatic N) is 4. The molecule has 0 fully saturated rings. The fourth-order valence-electron chi connectivity index (χ4n) is 2.65. The number of para-hydroxylation sites is 1. The Hall–Kier alpha value is -3.52. The van der Waals surface area contributed by atoms with Crippen LogP contribution in [0.15, 0.2) is 66.6 Å². The summed E-state index contributed by atoms with van der Waals surface area (Å²) in [6.07, 6.45) is 6.83. The number of aromatic nitrogens is 3. The van der Waals surface area contributed by atoms with Crippen molar-refractivity contribution < 1.29 is 4.79 Å². The van der Waals surface area contributed by atoms with Crippen molar-refractivity contribution in [1.29, 1.82) is 5.26 Å². The maximum atomic E-state index is 12.6. The van der Waals surface area contributed by atoms with E-state index in [4.69, 9.17) is 0 Å². The molecule has 134 valence electrons. The largest absolute Gasteiger partial charge is 0.293 e. The second-order valence-electron chi connectivity index (χ2n) is 7.20. The Labute approximate surface area is 158 Å². The van der Waals surface area contributed by atoms with Crippen LogP contribution in [0.2, 0.25) is 0 Å². The van der Waals surface area contributed by atoms with Gasteiger partial charge in [0.05, 0.1) is 11.3 Å². The van der Waals surface area contributed by atoms with Gasteiger partial charge in [-0.05, 0) is 30.3 Å². The minimum atomic E-state index is -0.631. The van der Waals surface area contributed by atoms with E-state index in [9.17, 15) is 10.1 Å². The maximum absolute atomic E-state index is 12.6. The van der Waals surface area contributed by atoms with Gasteiger partial charge in [-0.3, -0.25) is 9.78 Å². The van der Waals surface area contributed by atoms with Crippen LogP contribution >= 0.6 is 0 Å². The Morgan fingerprint density at radius 3 is 2.37 bits per heavy atom. The first-order valence-corrected chi connectivity index (χ1v) is 8.62. The topological polar surface area (TPSA) is 71.6 Å². The molecule has 0 aliphatic rings. The van der Waals surface area contributed by atoms with Gasteiger partial charge >= 0.3 is 0 Å². The summed E-state index contributed by atoms with van der Waals surface area (Å²) < 4.78 is 1.75. The number of carbonyl (C=O) groups is 1. The Morgan fingerprint density at radius 2 is 1.78 bits per heavy atom. The molecule has 2 aromatic heterocycles. The van der Waals surface area contributed by atoms with E-state index in [0.717, 1.165) is 11.3 Å². The van der Waals surface area contributed by atoms with Crippen LogP contribution < -0.4 is 0 Å². The highest BCUT2D eigenvalue weighted by atomic mass is 16.1. The highest BCUT2D eigenvalue weighted by Crippen LogP contribution is 2.27. The predicted octanol–water partition coefficient (Wildman–Crippen LogP) is 4.46. The molecule has 0 bridgehead atoms. The van der Waals surface area contributed by atoms with Crippen molar-refractivity contribution in [3.63, 3.8) is 0 Å². The van der Waals surface area contributed by atoms with Crippen LogP contribution in [0.3, 0.4) is 0 Å². The minimum absolute atomic E-state index is 0.116. The quantitative estimate of drug-likeness (QED) is 0.511.